The zero-order valence-electron chi connectivity index (χ0n) is 13.5. The molecule has 3 nitrogen and oxygen atoms in total. The normalized spacial score (nSPS) is 12.3. The number of halogens is 1. The zero-order valence-corrected chi connectivity index (χ0v) is 13.5. The van der Waals surface area contributed by atoms with Crippen molar-refractivity contribution in [2.75, 3.05) is 20.6 Å². The van der Waals surface area contributed by atoms with Gasteiger partial charge in [-0.05, 0) is 68.7 Å². The third kappa shape index (κ3) is 4.89. The maximum Gasteiger partial charge on any atom is 0.335 e. The molecule has 2 rings (SSSR count). The van der Waals surface area contributed by atoms with E-state index in [2.05, 4.69) is 4.90 Å². The molecule has 0 aliphatic carbocycles. The first-order chi connectivity index (χ1) is 11.0. The van der Waals surface area contributed by atoms with E-state index in [4.69, 9.17) is 0 Å². The van der Waals surface area contributed by atoms with Crippen molar-refractivity contribution in [1.29, 1.82) is 0 Å². The molecule has 1 atom stereocenters. The van der Waals surface area contributed by atoms with Crippen molar-refractivity contribution in [2.45, 2.75) is 18.8 Å². The van der Waals surface area contributed by atoms with E-state index in [9.17, 15) is 14.3 Å². The number of benzene rings is 2. The summed E-state index contributed by atoms with van der Waals surface area (Å²) in [6.45, 7) is 0.886. The summed E-state index contributed by atoms with van der Waals surface area (Å²) in [5, 5.41) is 9.33. The highest BCUT2D eigenvalue weighted by molar-refractivity contribution is 5.89. The highest BCUT2D eigenvalue weighted by atomic mass is 19.1. The van der Waals surface area contributed by atoms with Crippen molar-refractivity contribution in [3.63, 3.8) is 0 Å². The standard InChI is InChI=1S/C19H22FNO2/c1-21(2)11-10-15(14-6-4-3-5-7-14)12-16-13-17(20)8-9-18(16)19(22)23/h3-9,13,15H,10-12H2,1-2H3,(H,22,23). The molecule has 0 bridgehead atoms. The summed E-state index contributed by atoms with van der Waals surface area (Å²) in [6, 6.07) is 13.9. The first kappa shape index (κ1) is 17.2. The monoisotopic (exact) mass is 315 g/mol. The molecule has 0 aliphatic heterocycles. The van der Waals surface area contributed by atoms with Crippen LogP contribution in [0.2, 0.25) is 0 Å². The van der Waals surface area contributed by atoms with Gasteiger partial charge in [0.2, 0.25) is 0 Å². The third-order valence-corrected chi connectivity index (χ3v) is 3.96. The minimum Gasteiger partial charge on any atom is -0.478 e. The molecule has 0 heterocycles. The van der Waals surface area contributed by atoms with Gasteiger partial charge < -0.3 is 10.0 Å². The van der Waals surface area contributed by atoms with Crippen LogP contribution in [0.4, 0.5) is 4.39 Å². The van der Waals surface area contributed by atoms with Gasteiger partial charge in [0.15, 0.2) is 0 Å². The molecule has 23 heavy (non-hydrogen) atoms. The molecule has 0 fully saturated rings. The minimum atomic E-state index is -1.01. The lowest BCUT2D eigenvalue weighted by atomic mass is 9.87. The number of carboxylic acid groups (broad SMARTS) is 1. The zero-order chi connectivity index (χ0) is 16.8. The van der Waals surface area contributed by atoms with Gasteiger partial charge in [-0.3, -0.25) is 0 Å². The van der Waals surface area contributed by atoms with Crippen LogP contribution in [0.25, 0.3) is 0 Å². The Labute approximate surface area is 136 Å². The van der Waals surface area contributed by atoms with Crippen molar-refractivity contribution in [3.05, 3.63) is 71.0 Å². The molecular formula is C19H22FNO2. The van der Waals surface area contributed by atoms with Gasteiger partial charge in [-0.15, -0.1) is 0 Å². The van der Waals surface area contributed by atoms with Crippen LogP contribution < -0.4 is 0 Å². The first-order valence-corrected chi connectivity index (χ1v) is 7.68. The Kier molecular flexibility index (Phi) is 5.88. The van der Waals surface area contributed by atoms with Crippen LogP contribution in [0.1, 0.15) is 33.8 Å². The SMILES string of the molecule is CN(C)CCC(Cc1cc(F)ccc1C(=O)O)c1ccccc1. The highest BCUT2D eigenvalue weighted by Gasteiger charge is 2.18. The van der Waals surface area contributed by atoms with Crippen molar-refractivity contribution >= 4 is 5.97 Å². The molecule has 1 N–H and O–H groups in total. The lowest BCUT2D eigenvalue weighted by Gasteiger charge is -2.21. The van der Waals surface area contributed by atoms with Crippen molar-refractivity contribution < 1.29 is 14.3 Å². The third-order valence-electron chi connectivity index (χ3n) is 3.96. The highest BCUT2D eigenvalue weighted by Crippen LogP contribution is 2.26. The number of rotatable bonds is 7. The van der Waals surface area contributed by atoms with E-state index in [1.54, 1.807) is 0 Å². The fourth-order valence-corrected chi connectivity index (χ4v) is 2.73. The number of nitrogens with zero attached hydrogens (tertiary/aromatic N) is 1. The lowest BCUT2D eigenvalue weighted by molar-refractivity contribution is 0.0695. The van der Waals surface area contributed by atoms with Gasteiger partial charge in [-0.25, -0.2) is 9.18 Å². The Morgan fingerprint density at radius 1 is 1.17 bits per heavy atom. The molecular weight excluding hydrogens is 293 g/mol. The number of hydrogen-bond acceptors (Lipinski definition) is 2. The van der Waals surface area contributed by atoms with Crippen LogP contribution in [0.15, 0.2) is 48.5 Å². The smallest absolute Gasteiger partial charge is 0.335 e. The van der Waals surface area contributed by atoms with Crippen LogP contribution in [0, 0.1) is 5.82 Å². The molecule has 0 aliphatic rings. The van der Waals surface area contributed by atoms with Gasteiger partial charge >= 0.3 is 5.97 Å². The van der Waals surface area contributed by atoms with Gasteiger partial charge in [-0.1, -0.05) is 30.3 Å². The summed E-state index contributed by atoms with van der Waals surface area (Å²) in [5.41, 5.74) is 1.87. The van der Waals surface area contributed by atoms with Crippen molar-refractivity contribution in [1.82, 2.24) is 4.90 Å². The molecule has 1 unspecified atom stereocenters. The Bertz CT molecular complexity index is 656. The summed E-state index contributed by atoms with van der Waals surface area (Å²) < 4.78 is 13.6. The fraction of sp³-hybridized carbons (Fsp3) is 0.316. The van der Waals surface area contributed by atoms with E-state index in [1.807, 2.05) is 44.4 Å². The van der Waals surface area contributed by atoms with Crippen LogP contribution >= 0.6 is 0 Å². The summed E-state index contributed by atoms with van der Waals surface area (Å²) in [4.78, 5) is 13.5. The quantitative estimate of drug-likeness (QED) is 0.845. The molecule has 0 saturated carbocycles. The molecule has 0 spiro atoms. The largest absolute Gasteiger partial charge is 0.478 e. The molecule has 0 radical (unpaired) electrons. The van der Waals surface area contributed by atoms with E-state index in [0.717, 1.165) is 18.5 Å². The second kappa shape index (κ2) is 7.88. The maximum absolute atomic E-state index is 13.6. The second-order valence-electron chi connectivity index (χ2n) is 6.01. The molecule has 2 aromatic carbocycles. The molecule has 0 saturated heterocycles. The summed E-state index contributed by atoms with van der Waals surface area (Å²) in [5.74, 6) is -1.26. The van der Waals surface area contributed by atoms with Crippen LogP contribution in [0.5, 0.6) is 0 Å². The Morgan fingerprint density at radius 3 is 2.48 bits per heavy atom. The van der Waals surface area contributed by atoms with Crippen molar-refractivity contribution in [2.24, 2.45) is 0 Å². The average molecular weight is 315 g/mol. The molecule has 0 aromatic heterocycles. The number of carboxylic acids is 1. The lowest BCUT2D eigenvalue weighted by Crippen LogP contribution is -2.18. The van der Waals surface area contributed by atoms with Crippen molar-refractivity contribution in [3.8, 4) is 0 Å². The number of hydrogen-bond donors (Lipinski definition) is 1. The van der Waals surface area contributed by atoms with Gasteiger partial charge in [0.05, 0.1) is 5.56 Å². The van der Waals surface area contributed by atoms with Gasteiger partial charge in [0, 0.05) is 0 Å². The average Bonchev–Trinajstić information content (AvgIpc) is 2.51. The molecule has 0 amide bonds. The summed E-state index contributed by atoms with van der Waals surface area (Å²) in [6.07, 6.45) is 1.39. The molecule has 4 heteroatoms. The van der Waals surface area contributed by atoms with Crippen LogP contribution in [0.3, 0.4) is 0 Å². The topological polar surface area (TPSA) is 40.5 Å². The van der Waals surface area contributed by atoms with Gasteiger partial charge in [0.1, 0.15) is 5.82 Å². The molecule has 122 valence electrons. The number of aromatic carboxylic acids is 1. The van der Waals surface area contributed by atoms with Gasteiger partial charge in [-0.2, -0.15) is 0 Å². The predicted molar refractivity (Wildman–Crippen MR) is 89.4 cm³/mol. The Hall–Kier alpha value is -2.20. The van der Waals surface area contributed by atoms with E-state index in [0.29, 0.717) is 12.0 Å². The predicted octanol–water partition coefficient (Wildman–Crippen LogP) is 3.80. The molecule has 2 aromatic rings. The Morgan fingerprint density at radius 2 is 1.87 bits per heavy atom. The van der Waals surface area contributed by atoms with E-state index >= 15 is 0 Å². The maximum atomic E-state index is 13.6. The van der Waals surface area contributed by atoms with Crippen LogP contribution in [-0.2, 0) is 6.42 Å². The summed E-state index contributed by atoms with van der Waals surface area (Å²) in [7, 11) is 4.01. The Balaban J connectivity index is 2.30. The first-order valence-electron chi connectivity index (χ1n) is 7.68. The van der Waals surface area contributed by atoms with Crippen LogP contribution in [-0.4, -0.2) is 36.6 Å². The van der Waals surface area contributed by atoms with E-state index in [1.165, 1.54) is 18.2 Å². The van der Waals surface area contributed by atoms with Gasteiger partial charge in [0.25, 0.3) is 0 Å². The summed E-state index contributed by atoms with van der Waals surface area (Å²) >= 11 is 0. The van der Waals surface area contributed by atoms with E-state index < -0.39 is 11.8 Å². The van der Waals surface area contributed by atoms with E-state index in [-0.39, 0.29) is 11.5 Å². The number of carbonyl (C=O) groups is 1. The fourth-order valence-electron chi connectivity index (χ4n) is 2.73. The minimum absolute atomic E-state index is 0.151. The second-order valence-corrected chi connectivity index (χ2v) is 6.01.